The Morgan fingerprint density at radius 3 is 2.47 bits per heavy atom. The first-order valence-corrected chi connectivity index (χ1v) is 10.4. The SMILES string of the molecule is CC(C)C[C@H](NC(=O)[C@H](Cc1ccccc1)NC(=O)N1C=CN=CC1)C(=O)COB(O)O. The molecule has 11 heteroatoms. The minimum Gasteiger partial charge on any atom is -0.402 e. The van der Waals surface area contributed by atoms with Gasteiger partial charge < -0.3 is 25.3 Å². The summed E-state index contributed by atoms with van der Waals surface area (Å²) >= 11 is 0. The van der Waals surface area contributed by atoms with E-state index in [1.54, 1.807) is 6.21 Å². The van der Waals surface area contributed by atoms with Gasteiger partial charge in [-0.2, -0.15) is 0 Å². The van der Waals surface area contributed by atoms with E-state index in [2.05, 4.69) is 20.3 Å². The van der Waals surface area contributed by atoms with E-state index >= 15 is 0 Å². The molecule has 0 bridgehead atoms. The number of ketones is 1. The van der Waals surface area contributed by atoms with Crippen LogP contribution in [0, 0.1) is 5.92 Å². The molecule has 2 atom stereocenters. The lowest BCUT2D eigenvalue weighted by molar-refractivity contribution is -0.130. The van der Waals surface area contributed by atoms with Crippen molar-refractivity contribution in [1.29, 1.82) is 0 Å². The minimum absolute atomic E-state index is 0.0724. The van der Waals surface area contributed by atoms with Crippen LogP contribution in [0.15, 0.2) is 47.7 Å². The zero-order valence-electron chi connectivity index (χ0n) is 18.2. The third kappa shape index (κ3) is 8.62. The van der Waals surface area contributed by atoms with Gasteiger partial charge in [-0.25, -0.2) is 4.79 Å². The molecule has 1 aliphatic rings. The largest absolute Gasteiger partial charge is 0.634 e. The number of urea groups is 1. The number of Topliss-reactive ketones (excluding diaryl/α,β-unsaturated/α-hetero) is 1. The van der Waals surface area contributed by atoms with E-state index in [0.717, 1.165) is 5.56 Å². The van der Waals surface area contributed by atoms with Crippen LogP contribution in [0.25, 0.3) is 0 Å². The second-order valence-corrected chi connectivity index (χ2v) is 7.77. The zero-order valence-corrected chi connectivity index (χ0v) is 18.2. The van der Waals surface area contributed by atoms with E-state index in [-0.39, 0.29) is 18.9 Å². The monoisotopic (exact) mass is 444 g/mol. The van der Waals surface area contributed by atoms with Crippen LogP contribution in [0.5, 0.6) is 0 Å². The predicted octanol–water partition coefficient (Wildman–Crippen LogP) is 0.251. The lowest BCUT2D eigenvalue weighted by Crippen LogP contribution is -2.55. The summed E-state index contributed by atoms with van der Waals surface area (Å²) in [6, 6.07) is 6.88. The minimum atomic E-state index is -2.08. The van der Waals surface area contributed by atoms with Crippen molar-refractivity contribution in [1.82, 2.24) is 15.5 Å². The van der Waals surface area contributed by atoms with Crippen molar-refractivity contribution in [2.45, 2.75) is 38.8 Å². The van der Waals surface area contributed by atoms with Crippen molar-refractivity contribution in [2.24, 2.45) is 10.9 Å². The van der Waals surface area contributed by atoms with E-state index in [1.807, 2.05) is 44.2 Å². The summed E-state index contributed by atoms with van der Waals surface area (Å²) in [4.78, 5) is 43.6. The Morgan fingerprint density at radius 2 is 1.88 bits per heavy atom. The molecule has 32 heavy (non-hydrogen) atoms. The Hall–Kier alpha value is -3.02. The molecule has 1 aromatic rings. The predicted molar refractivity (Wildman–Crippen MR) is 119 cm³/mol. The Bertz CT molecular complexity index is 831. The zero-order chi connectivity index (χ0) is 23.5. The Kier molecular flexibility index (Phi) is 10.1. The first kappa shape index (κ1) is 25.2. The second-order valence-electron chi connectivity index (χ2n) is 7.77. The van der Waals surface area contributed by atoms with Crippen LogP contribution in [-0.2, 0) is 20.7 Å². The van der Waals surface area contributed by atoms with Gasteiger partial charge in [0.1, 0.15) is 6.04 Å². The summed E-state index contributed by atoms with van der Waals surface area (Å²) in [5, 5.41) is 23.1. The summed E-state index contributed by atoms with van der Waals surface area (Å²) in [6.45, 7) is 3.49. The highest BCUT2D eigenvalue weighted by molar-refractivity contribution is 6.33. The number of carbonyl (C=O) groups is 3. The maximum atomic E-state index is 13.1. The maximum Gasteiger partial charge on any atom is 0.634 e. The number of hydrogen-bond acceptors (Lipinski definition) is 7. The number of aliphatic imine (C=N–C) groups is 1. The smallest absolute Gasteiger partial charge is 0.402 e. The van der Waals surface area contributed by atoms with Crippen LogP contribution in [0.3, 0.4) is 0 Å². The number of hydrogen-bond donors (Lipinski definition) is 4. The fourth-order valence-electron chi connectivity index (χ4n) is 3.09. The summed E-state index contributed by atoms with van der Waals surface area (Å²) in [6.07, 6.45) is 5.10. The first-order valence-electron chi connectivity index (χ1n) is 10.4. The molecule has 0 saturated carbocycles. The molecular formula is C21H29BN4O6. The van der Waals surface area contributed by atoms with Gasteiger partial charge in [0.25, 0.3) is 0 Å². The first-order chi connectivity index (χ1) is 15.3. The number of nitrogens with zero attached hydrogens (tertiary/aromatic N) is 2. The van der Waals surface area contributed by atoms with E-state index < -0.39 is 43.7 Å². The molecule has 3 amide bonds. The summed E-state index contributed by atoms with van der Waals surface area (Å²) in [5.41, 5.74) is 0.835. The van der Waals surface area contributed by atoms with Crippen LogP contribution in [-0.4, -0.2) is 71.4 Å². The van der Waals surface area contributed by atoms with Gasteiger partial charge in [-0.1, -0.05) is 44.2 Å². The van der Waals surface area contributed by atoms with Gasteiger partial charge in [0, 0.05) is 25.0 Å². The van der Waals surface area contributed by atoms with Crippen molar-refractivity contribution < 1.29 is 29.1 Å². The van der Waals surface area contributed by atoms with Crippen molar-refractivity contribution in [3.8, 4) is 0 Å². The molecule has 0 spiro atoms. The Labute approximate surface area is 187 Å². The van der Waals surface area contributed by atoms with Crippen LogP contribution in [0.2, 0.25) is 0 Å². The number of nitrogens with one attached hydrogen (secondary N) is 2. The third-order valence-electron chi connectivity index (χ3n) is 4.66. The van der Waals surface area contributed by atoms with Crippen molar-refractivity contribution in [3.63, 3.8) is 0 Å². The van der Waals surface area contributed by atoms with Gasteiger partial charge in [-0.05, 0) is 17.9 Å². The molecule has 0 radical (unpaired) electrons. The van der Waals surface area contributed by atoms with E-state index in [0.29, 0.717) is 6.42 Å². The van der Waals surface area contributed by atoms with E-state index in [9.17, 15) is 14.4 Å². The van der Waals surface area contributed by atoms with Crippen LogP contribution in [0.4, 0.5) is 4.79 Å². The van der Waals surface area contributed by atoms with Crippen LogP contribution in [0.1, 0.15) is 25.8 Å². The Morgan fingerprint density at radius 1 is 1.16 bits per heavy atom. The molecule has 0 saturated heterocycles. The number of rotatable bonds is 11. The van der Waals surface area contributed by atoms with Crippen LogP contribution >= 0.6 is 0 Å². The van der Waals surface area contributed by atoms with Crippen molar-refractivity contribution in [3.05, 3.63) is 48.3 Å². The molecule has 1 aliphatic heterocycles. The normalized spacial score (nSPS) is 14.7. The molecule has 1 heterocycles. The fourth-order valence-corrected chi connectivity index (χ4v) is 3.09. The third-order valence-corrected chi connectivity index (χ3v) is 4.66. The van der Waals surface area contributed by atoms with Gasteiger partial charge in [0.05, 0.1) is 19.2 Å². The summed E-state index contributed by atoms with van der Waals surface area (Å²) in [7, 11) is -2.08. The molecule has 4 N–H and O–H groups in total. The number of carbonyl (C=O) groups excluding carboxylic acids is 3. The highest BCUT2D eigenvalue weighted by Gasteiger charge is 2.29. The average molecular weight is 444 g/mol. The van der Waals surface area contributed by atoms with Crippen molar-refractivity contribution in [2.75, 3.05) is 13.2 Å². The molecular weight excluding hydrogens is 415 g/mol. The molecule has 0 aromatic heterocycles. The average Bonchev–Trinajstić information content (AvgIpc) is 2.77. The lowest BCUT2D eigenvalue weighted by atomic mass is 9.99. The number of benzene rings is 1. The standard InChI is InChI=1S/C21H29BN4O6/c1-15(2)12-17(19(27)14-32-22(30)31)24-20(28)18(13-16-6-4-3-5-7-16)25-21(29)26-10-8-23-9-11-26/h3-10,15,17-18,30-31H,11-14H2,1-2H3,(H,24,28)(H,25,29)/t17-,18-/m0/s1. The quantitative estimate of drug-likeness (QED) is 0.361. The molecule has 10 nitrogen and oxygen atoms in total. The highest BCUT2D eigenvalue weighted by atomic mass is 16.6. The van der Waals surface area contributed by atoms with Gasteiger partial charge >= 0.3 is 13.4 Å². The lowest BCUT2D eigenvalue weighted by Gasteiger charge is -2.26. The van der Waals surface area contributed by atoms with Gasteiger partial charge in [0.2, 0.25) is 5.91 Å². The molecule has 0 aliphatic carbocycles. The Balaban J connectivity index is 2.14. The second kappa shape index (κ2) is 12.7. The van der Waals surface area contributed by atoms with E-state index in [4.69, 9.17) is 10.0 Å². The fraction of sp³-hybridized carbons (Fsp3) is 0.429. The highest BCUT2D eigenvalue weighted by Crippen LogP contribution is 2.09. The molecule has 172 valence electrons. The molecule has 2 rings (SSSR count). The van der Waals surface area contributed by atoms with Gasteiger partial charge in [-0.15, -0.1) is 0 Å². The van der Waals surface area contributed by atoms with Gasteiger partial charge in [0.15, 0.2) is 5.78 Å². The summed E-state index contributed by atoms with van der Waals surface area (Å²) in [5.74, 6) is -0.955. The maximum absolute atomic E-state index is 13.1. The topological polar surface area (TPSA) is 141 Å². The van der Waals surface area contributed by atoms with Crippen molar-refractivity contribution >= 4 is 31.3 Å². The molecule has 1 aromatic carbocycles. The summed E-state index contributed by atoms with van der Waals surface area (Å²) < 4.78 is 4.56. The van der Waals surface area contributed by atoms with Gasteiger partial charge in [-0.3, -0.25) is 19.5 Å². The van der Waals surface area contributed by atoms with E-state index in [1.165, 1.54) is 17.3 Å². The number of amides is 3. The van der Waals surface area contributed by atoms with Crippen LogP contribution < -0.4 is 10.6 Å². The molecule has 0 unspecified atom stereocenters. The molecule has 0 fully saturated rings.